The molecule has 1 atom stereocenters. The van der Waals surface area contributed by atoms with Gasteiger partial charge in [-0.05, 0) is 33.5 Å². The van der Waals surface area contributed by atoms with Crippen LogP contribution in [0.5, 0.6) is 0 Å². The summed E-state index contributed by atoms with van der Waals surface area (Å²) in [5.41, 5.74) is 2.61. The van der Waals surface area contributed by atoms with Crippen LogP contribution in [-0.4, -0.2) is 10.2 Å². The van der Waals surface area contributed by atoms with Crippen LogP contribution in [0.15, 0.2) is 5.10 Å². The number of amidine groups is 1. The maximum Gasteiger partial charge on any atom is 0.184 e. The minimum atomic E-state index is -0.451. The normalized spacial score (nSPS) is 23.2. The van der Waals surface area contributed by atoms with Gasteiger partial charge >= 0.3 is 0 Å². The highest BCUT2D eigenvalue weighted by atomic mass is 32.8. The lowest BCUT2D eigenvalue weighted by molar-refractivity contribution is 0.836. The standard InChI is InChI=1S/C6H11N3S2/c1-2-3-4-5-8-9-6(7)11(5)10/h2-4H2,1H3,(H2,7,9). The van der Waals surface area contributed by atoms with Gasteiger partial charge in [-0.15, -0.1) is 0 Å². The van der Waals surface area contributed by atoms with Crippen molar-refractivity contribution in [2.24, 2.45) is 5.10 Å². The van der Waals surface area contributed by atoms with Crippen LogP contribution in [0.25, 0.3) is 0 Å². The molecule has 5 heteroatoms. The maximum atomic E-state index is 7.30. The molecule has 0 amide bonds. The molecule has 0 aromatic rings. The summed E-state index contributed by atoms with van der Waals surface area (Å²) >= 11 is 5.07. The molecule has 0 bridgehead atoms. The lowest BCUT2D eigenvalue weighted by atomic mass is 10.3. The summed E-state index contributed by atoms with van der Waals surface area (Å²) in [5.74, 6) is 0. The van der Waals surface area contributed by atoms with E-state index in [1.54, 1.807) is 0 Å². The first-order chi connectivity index (χ1) is 5.25. The molecule has 0 aromatic heterocycles. The molecule has 11 heavy (non-hydrogen) atoms. The summed E-state index contributed by atoms with van der Waals surface area (Å²) in [6.07, 6.45) is 3.21. The number of hydrazone groups is 1. The van der Waals surface area contributed by atoms with Crippen molar-refractivity contribution in [3.63, 3.8) is 0 Å². The van der Waals surface area contributed by atoms with Gasteiger partial charge in [-0.2, -0.15) is 5.10 Å². The molecule has 0 fully saturated rings. The molecule has 0 radical (unpaired) electrons. The Morgan fingerprint density at radius 1 is 1.73 bits per heavy atom. The predicted molar refractivity (Wildman–Crippen MR) is 52.6 cm³/mol. The zero-order valence-corrected chi connectivity index (χ0v) is 8.02. The number of hydrogen-bond acceptors (Lipinski definition) is 3. The van der Waals surface area contributed by atoms with Crippen molar-refractivity contribution in [1.82, 2.24) is 5.43 Å². The fourth-order valence-corrected chi connectivity index (χ4v) is 2.09. The zero-order chi connectivity index (χ0) is 8.27. The molecule has 2 N–H and O–H groups in total. The van der Waals surface area contributed by atoms with E-state index in [9.17, 15) is 0 Å². The van der Waals surface area contributed by atoms with E-state index in [4.69, 9.17) is 16.6 Å². The number of unbranched alkanes of at least 4 members (excludes halogenated alkanes) is 1. The minimum Gasteiger partial charge on any atom is -0.277 e. The van der Waals surface area contributed by atoms with E-state index in [1.807, 2.05) is 0 Å². The molecule has 0 saturated heterocycles. The van der Waals surface area contributed by atoms with E-state index in [-0.39, 0.29) is 0 Å². The highest BCUT2D eigenvalue weighted by Crippen LogP contribution is 2.05. The predicted octanol–water partition coefficient (Wildman–Crippen LogP) is 1.11. The summed E-state index contributed by atoms with van der Waals surface area (Å²) in [4.78, 5) is 0. The third kappa shape index (κ3) is 2.07. The third-order valence-electron chi connectivity index (χ3n) is 1.43. The maximum absolute atomic E-state index is 7.30. The van der Waals surface area contributed by atoms with E-state index >= 15 is 0 Å². The first-order valence-electron chi connectivity index (χ1n) is 3.58. The van der Waals surface area contributed by atoms with E-state index in [0.717, 1.165) is 24.3 Å². The van der Waals surface area contributed by atoms with Gasteiger partial charge in [-0.3, -0.25) is 10.8 Å². The molecule has 3 nitrogen and oxygen atoms in total. The summed E-state index contributed by atoms with van der Waals surface area (Å²) in [6.45, 7) is 2.13. The van der Waals surface area contributed by atoms with E-state index < -0.39 is 9.45 Å². The monoisotopic (exact) mass is 189 g/mol. The average Bonchev–Trinajstić information content (AvgIpc) is 2.31. The Morgan fingerprint density at radius 2 is 2.45 bits per heavy atom. The smallest absolute Gasteiger partial charge is 0.184 e. The van der Waals surface area contributed by atoms with Crippen LogP contribution in [0.3, 0.4) is 0 Å². The number of nitrogens with one attached hydrogen (secondary N) is 2. The minimum absolute atomic E-state index is 0.381. The highest BCUT2D eigenvalue weighted by molar-refractivity contribution is 8.45. The SMILES string of the molecule is CCCCC1=NNC(=N)S1=S. The second-order valence-electron chi connectivity index (χ2n) is 2.32. The van der Waals surface area contributed by atoms with Gasteiger partial charge in [0.2, 0.25) is 0 Å². The molecule has 1 aliphatic rings. The number of nitrogens with zero attached hydrogens (tertiary/aromatic N) is 1. The Labute approximate surface area is 73.4 Å². The first kappa shape index (κ1) is 8.80. The van der Waals surface area contributed by atoms with Crippen LogP contribution in [0.2, 0.25) is 0 Å². The van der Waals surface area contributed by atoms with Crippen molar-refractivity contribution in [2.75, 3.05) is 0 Å². The van der Waals surface area contributed by atoms with Gasteiger partial charge in [0, 0.05) is 0 Å². The molecule has 0 saturated carbocycles. The van der Waals surface area contributed by atoms with E-state index in [0.29, 0.717) is 5.17 Å². The Balaban J connectivity index is 2.47. The molecule has 1 rings (SSSR count). The summed E-state index contributed by atoms with van der Waals surface area (Å²) in [5, 5.41) is 12.6. The van der Waals surface area contributed by atoms with Crippen molar-refractivity contribution in [1.29, 1.82) is 5.41 Å². The topological polar surface area (TPSA) is 48.2 Å². The summed E-state index contributed by atoms with van der Waals surface area (Å²) in [6, 6.07) is 0. The van der Waals surface area contributed by atoms with Crippen molar-refractivity contribution in [3.05, 3.63) is 0 Å². The molecule has 0 aromatic carbocycles. The fourth-order valence-electron chi connectivity index (χ4n) is 0.790. The lowest BCUT2D eigenvalue weighted by Crippen LogP contribution is -2.14. The molecule has 1 heterocycles. The van der Waals surface area contributed by atoms with E-state index in [2.05, 4.69) is 17.5 Å². The van der Waals surface area contributed by atoms with Crippen LogP contribution >= 0.6 is 0 Å². The zero-order valence-electron chi connectivity index (χ0n) is 6.39. The van der Waals surface area contributed by atoms with Crippen LogP contribution in [0.4, 0.5) is 0 Å². The van der Waals surface area contributed by atoms with Crippen molar-refractivity contribution in [3.8, 4) is 0 Å². The molecular weight excluding hydrogens is 178 g/mol. The first-order valence-corrected chi connectivity index (χ1v) is 5.73. The molecule has 0 spiro atoms. The summed E-state index contributed by atoms with van der Waals surface area (Å²) < 4.78 is 0. The molecule has 62 valence electrons. The van der Waals surface area contributed by atoms with Gasteiger partial charge in [0.25, 0.3) is 0 Å². The number of rotatable bonds is 3. The molecule has 1 aliphatic heterocycles. The van der Waals surface area contributed by atoms with Crippen LogP contribution in [-0.2, 0) is 20.6 Å². The van der Waals surface area contributed by atoms with Gasteiger partial charge in [-0.25, -0.2) is 0 Å². The largest absolute Gasteiger partial charge is 0.277 e. The second-order valence-corrected chi connectivity index (χ2v) is 4.74. The highest BCUT2D eigenvalue weighted by Gasteiger charge is 2.16. The van der Waals surface area contributed by atoms with Crippen molar-refractivity contribution in [2.45, 2.75) is 26.2 Å². The number of hydrogen-bond donors (Lipinski definition) is 2. The summed E-state index contributed by atoms with van der Waals surface area (Å²) in [7, 11) is -0.451. The molecule has 1 unspecified atom stereocenters. The van der Waals surface area contributed by atoms with Crippen molar-refractivity contribution >= 4 is 30.9 Å². The quantitative estimate of drug-likeness (QED) is 0.698. The van der Waals surface area contributed by atoms with Crippen LogP contribution in [0.1, 0.15) is 26.2 Å². The van der Waals surface area contributed by atoms with Crippen molar-refractivity contribution < 1.29 is 0 Å². The third-order valence-corrected chi connectivity index (χ3v) is 3.69. The second kappa shape index (κ2) is 3.92. The lowest BCUT2D eigenvalue weighted by Gasteiger charge is -1.96. The van der Waals surface area contributed by atoms with Gasteiger partial charge in [0.05, 0.1) is 0 Å². The van der Waals surface area contributed by atoms with Crippen LogP contribution < -0.4 is 5.43 Å². The fraction of sp³-hybridized carbons (Fsp3) is 0.667. The Bertz CT molecular complexity index is 222. The Morgan fingerprint density at radius 3 is 2.91 bits per heavy atom. The van der Waals surface area contributed by atoms with Gasteiger partial charge in [-0.1, -0.05) is 13.3 Å². The van der Waals surface area contributed by atoms with Gasteiger partial charge in [0.15, 0.2) is 5.17 Å². The molecular formula is C6H11N3S2. The van der Waals surface area contributed by atoms with Crippen LogP contribution in [0, 0.1) is 5.41 Å². The molecule has 0 aliphatic carbocycles. The Hall–Kier alpha value is -0.290. The average molecular weight is 189 g/mol. The van der Waals surface area contributed by atoms with Gasteiger partial charge < -0.3 is 0 Å². The van der Waals surface area contributed by atoms with Gasteiger partial charge in [0.1, 0.15) is 5.04 Å². The Kier molecular flexibility index (Phi) is 3.14. The van der Waals surface area contributed by atoms with E-state index in [1.165, 1.54) is 0 Å².